The van der Waals surface area contributed by atoms with Gasteiger partial charge in [-0.05, 0) is 52.4 Å². The van der Waals surface area contributed by atoms with E-state index in [4.69, 9.17) is 15.2 Å². The maximum atomic E-state index is 12.0. The van der Waals surface area contributed by atoms with Crippen molar-refractivity contribution in [2.75, 3.05) is 12.8 Å². The van der Waals surface area contributed by atoms with E-state index in [1.54, 1.807) is 18.2 Å². The van der Waals surface area contributed by atoms with E-state index in [0.717, 1.165) is 9.13 Å². The highest BCUT2D eigenvalue weighted by atomic mass is 127. The molecule has 0 radical (unpaired) electrons. The fourth-order valence-corrected chi connectivity index (χ4v) is 2.07. The van der Waals surface area contributed by atoms with Gasteiger partial charge >= 0.3 is 5.97 Å². The van der Waals surface area contributed by atoms with Gasteiger partial charge in [-0.3, -0.25) is 0 Å². The zero-order valence-electron chi connectivity index (χ0n) is 10.9. The third kappa shape index (κ3) is 3.41. The first kappa shape index (κ1) is 14.6. The van der Waals surface area contributed by atoms with Crippen LogP contribution in [-0.2, 0) is 11.3 Å². The molecule has 0 unspecified atom stereocenters. The minimum atomic E-state index is -0.458. The van der Waals surface area contributed by atoms with Crippen molar-refractivity contribution in [2.24, 2.45) is 0 Å². The summed E-state index contributed by atoms with van der Waals surface area (Å²) in [4.78, 5) is 12.0. The Morgan fingerprint density at radius 3 is 2.55 bits per heavy atom. The summed E-state index contributed by atoms with van der Waals surface area (Å²) in [5.74, 6) is 0.00802. The monoisotopic (exact) mass is 383 g/mol. The van der Waals surface area contributed by atoms with Crippen molar-refractivity contribution in [3.05, 3.63) is 57.2 Å². The number of nitrogens with two attached hydrogens (primary N) is 1. The molecule has 0 saturated carbocycles. The predicted octanol–water partition coefficient (Wildman–Crippen LogP) is 3.24. The highest BCUT2D eigenvalue weighted by molar-refractivity contribution is 14.1. The second kappa shape index (κ2) is 6.60. The van der Waals surface area contributed by atoms with Crippen molar-refractivity contribution < 1.29 is 14.3 Å². The molecule has 20 heavy (non-hydrogen) atoms. The maximum Gasteiger partial charge on any atom is 0.340 e. The van der Waals surface area contributed by atoms with Crippen molar-refractivity contribution in [1.29, 1.82) is 0 Å². The number of rotatable bonds is 4. The number of hydrogen-bond acceptors (Lipinski definition) is 4. The van der Waals surface area contributed by atoms with E-state index < -0.39 is 5.97 Å². The van der Waals surface area contributed by atoms with Crippen LogP contribution in [0.25, 0.3) is 0 Å². The van der Waals surface area contributed by atoms with Crippen LogP contribution in [0.15, 0.2) is 42.5 Å². The maximum absolute atomic E-state index is 12.0. The Bertz CT molecular complexity index is 611. The molecule has 0 bridgehead atoms. The van der Waals surface area contributed by atoms with Crippen molar-refractivity contribution in [1.82, 2.24) is 0 Å². The van der Waals surface area contributed by atoms with E-state index in [9.17, 15) is 4.79 Å². The zero-order chi connectivity index (χ0) is 14.5. The van der Waals surface area contributed by atoms with Gasteiger partial charge in [0.2, 0.25) is 0 Å². The Labute approximate surface area is 131 Å². The SMILES string of the molecule is COc1cccc(C(=O)OCc2ccc(I)cc2)c1N. The minimum Gasteiger partial charge on any atom is -0.495 e. The summed E-state index contributed by atoms with van der Waals surface area (Å²) in [7, 11) is 1.51. The van der Waals surface area contributed by atoms with Gasteiger partial charge in [-0.15, -0.1) is 0 Å². The Kier molecular flexibility index (Phi) is 4.84. The van der Waals surface area contributed by atoms with Gasteiger partial charge in [0.1, 0.15) is 12.4 Å². The molecule has 0 aliphatic rings. The number of hydrogen-bond donors (Lipinski definition) is 1. The molecule has 2 aromatic carbocycles. The van der Waals surface area contributed by atoms with Crippen molar-refractivity contribution in [3.8, 4) is 5.75 Å². The first-order chi connectivity index (χ1) is 9.61. The molecule has 2 aromatic rings. The number of nitrogen functional groups attached to an aromatic ring is 1. The van der Waals surface area contributed by atoms with E-state index in [2.05, 4.69) is 22.6 Å². The molecule has 0 saturated heterocycles. The molecule has 0 fully saturated rings. The molecule has 2 N–H and O–H groups in total. The predicted molar refractivity (Wildman–Crippen MR) is 85.7 cm³/mol. The third-order valence-electron chi connectivity index (χ3n) is 2.79. The molecule has 0 amide bonds. The Balaban J connectivity index is 2.07. The summed E-state index contributed by atoms with van der Waals surface area (Å²) in [6, 6.07) is 12.8. The highest BCUT2D eigenvalue weighted by Gasteiger charge is 2.14. The molecule has 0 heterocycles. The van der Waals surface area contributed by atoms with E-state index in [1.807, 2.05) is 24.3 Å². The molecule has 2 rings (SSSR count). The third-order valence-corrected chi connectivity index (χ3v) is 3.51. The van der Waals surface area contributed by atoms with Crippen LogP contribution in [0.1, 0.15) is 15.9 Å². The molecule has 4 nitrogen and oxygen atoms in total. The number of halogens is 1. The summed E-state index contributed by atoms with van der Waals surface area (Å²) in [6.45, 7) is 0.215. The molecular formula is C15H14INO3. The average Bonchev–Trinajstić information content (AvgIpc) is 2.46. The molecular weight excluding hydrogens is 369 g/mol. The number of benzene rings is 2. The lowest BCUT2D eigenvalue weighted by Gasteiger charge is -2.10. The quantitative estimate of drug-likeness (QED) is 0.500. The van der Waals surface area contributed by atoms with Gasteiger partial charge in [-0.25, -0.2) is 4.79 Å². The lowest BCUT2D eigenvalue weighted by Crippen LogP contribution is -2.09. The molecule has 0 aliphatic heterocycles. The Hall–Kier alpha value is -1.76. The lowest BCUT2D eigenvalue weighted by molar-refractivity contribution is 0.0473. The lowest BCUT2D eigenvalue weighted by atomic mass is 10.1. The normalized spacial score (nSPS) is 10.1. The molecule has 0 spiro atoms. The Morgan fingerprint density at radius 2 is 1.90 bits per heavy atom. The van der Waals surface area contributed by atoms with E-state index in [1.165, 1.54) is 7.11 Å². The van der Waals surface area contributed by atoms with Crippen molar-refractivity contribution in [2.45, 2.75) is 6.61 Å². The fourth-order valence-electron chi connectivity index (χ4n) is 1.71. The summed E-state index contributed by atoms with van der Waals surface area (Å²) in [6.07, 6.45) is 0. The van der Waals surface area contributed by atoms with Gasteiger partial charge in [0.05, 0.1) is 18.4 Å². The molecule has 0 atom stereocenters. The van der Waals surface area contributed by atoms with Crippen LogP contribution in [0.4, 0.5) is 5.69 Å². The molecule has 0 aromatic heterocycles. The average molecular weight is 383 g/mol. The van der Waals surface area contributed by atoms with Crippen LogP contribution >= 0.6 is 22.6 Å². The number of ether oxygens (including phenoxy) is 2. The van der Waals surface area contributed by atoms with Gasteiger partial charge in [0.15, 0.2) is 0 Å². The summed E-state index contributed by atoms with van der Waals surface area (Å²) >= 11 is 2.22. The van der Waals surface area contributed by atoms with Crippen LogP contribution in [0.3, 0.4) is 0 Å². The van der Waals surface area contributed by atoms with Gasteiger partial charge in [-0.1, -0.05) is 18.2 Å². The number of anilines is 1. The van der Waals surface area contributed by atoms with Gasteiger partial charge in [0, 0.05) is 3.57 Å². The highest BCUT2D eigenvalue weighted by Crippen LogP contribution is 2.25. The first-order valence-electron chi connectivity index (χ1n) is 5.96. The van der Waals surface area contributed by atoms with Gasteiger partial charge in [-0.2, -0.15) is 0 Å². The van der Waals surface area contributed by atoms with E-state index in [0.29, 0.717) is 17.0 Å². The van der Waals surface area contributed by atoms with Crippen LogP contribution in [0, 0.1) is 3.57 Å². The van der Waals surface area contributed by atoms with Crippen molar-refractivity contribution >= 4 is 34.2 Å². The Morgan fingerprint density at radius 1 is 1.20 bits per heavy atom. The molecule has 5 heteroatoms. The fraction of sp³-hybridized carbons (Fsp3) is 0.133. The van der Waals surface area contributed by atoms with Crippen LogP contribution in [0.2, 0.25) is 0 Å². The number of methoxy groups -OCH3 is 1. The summed E-state index contributed by atoms with van der Waals surface area (Å²) in [5, 5.41) is 0. The number of carbonyl (C=O) groups excluding carboxylic acids is 1. The van der Waals surface area contributed by atoms with E-state index in [-0.39, 0.29) is 6.61 Å². The largest absolute Gasteiger partial charge is 0.495 e. The number of esters is 1. The number of carbonyl (C=O) groups is 1. The number of para-hydroxylation sites is 1. The smallest absolute Gasteiger partial charge is 0.340 e. The first-order valence-corrected chi connectivity index (χ1v) is 7.03. The molecule has 0 aliphatic carbocycles. The molecule has 104 valence electrons. The van der Waals surface area contributed by atoms with Crippen LogP contribution in [0.5, 0.6) is 5.75 Å². The second-order valence-electron chi connectivity index (χ2n) is 4.12. The van der Waals surface area contributed by atoms with Gasteiger partial charge in [0.25, 0.3) is 0 Å². The summed E-state index contributed by atoms with van der Waals surface area (Å²) < 4.78 is 11.5. The standard InChI is InChI=1S/C15H14INO3/c1-19-13-4-2-3-12(14(13)17)15(18)20-9-10-5-7-11(16)8-6-10/h2-8H,9,17H2,1H3. The van der Waals surface area contributed by atoms with Crippen LogP contribution in [-0.4, -0.2) is 13.1 Å². The zero-order valence-corrected chi connectivity index (χ0v) is 13.1. The second-order valence-corrected chi connectivity index (χ2v) is 5.37. The van der Waals surface area contributed by atoms with E-state index >= 15 is 0 Å². The summed E-state index contributed by atoms with van der Waals surface area (Å²) in [5.41, 5.74) is 7.40. The van der Waals surface area contributed by atoms with Crippen molar-refractivity contribution in [3.63, 3.8) is 0 Å². The van der Waals surface area contributed by atoms with Crippen LogP contribution < -0.4 is 10.5 Å². The topological polar surface area (TPSA) is 61.5 Å². The minimum absolute atomic E-state index is 0.215. The van der Waals surface area contributed by atoms with Gasteiger partial charge < -0.3 is 15.2 Å².